The van der Waals surface area contributed by atoms with Gasteiger partial charge in [0.25, 0.3) is 0 Å². The van der Waals surface area contributed by atoms with Crippen LogP contribution in [0.5, 0.6) is 17.2 Å². The molecule has 9 nitrogen and oxygen atoms in total. The summed E-state index contributed by atoms with van der Waals surface area (Å²) in [6.45, 7) is 1.77. The highest BCUT2D eigenvalue weighted by molar-refractivity contribution is 7.91. The molecule has 1 aromatic rings. The summed E-state index contributed by atoms with van der Waals surface area (Å²) in [6.07, 6.45) is 0.0447. The number of carbonyl (C=O) groups excluding carboxylic acids is 2. The van der Waals surface area contributed by atoms with Crippen molar-refractivity contribution in [2.75, 3.05) is 50.8 Å². The van der Waals surface area contributed by atoms with Gasteiger partial charge in [-0.2, -0.15) is 0 Å². The predicted molar refractivity (Wildman–Crippen MR) is 104 cm³/mol. The fraction of sp³-hybridized carbons (Fsp3) is 0.556. The van der Waals surface area contributed by atoms with Gasteiger partial charge >= 0.3 is 0 Å². The van der Waals surface area contributed by atoms with Gasteiger partial charge in [-0.1, -0.05) is 6.92 Å². The second-order valence-corrected chi connectivity index (χ2v) is 8.79. The van der Waals surface area contributed by atoms with E-state index < -0.39 is 15.8 Å². The van der Waals surface area contributed by atoms with Gasteiger partial charge in [-0.05, 0) is 0 Å². The van der Waals surface area contributed by atoms with Crippen molar-refractivity contribution in [3.8, 4) is 17.2 Å². The van der Waals surface area contributed by atoms with E-state index in [4.69, 9.17) is 14.2 Å². The van der Waals surface area contributed by atoms with E-state index >= 15 is 0 Å². The molecule has 1 aliphatic rings. The molecule has 10 heteroatoms. The molecule has 1 unspecified atom stereocenters. The zero-order valence-corrected chi connectivity index (χ0v) is 17.3. The van der Waals surface area contributed by atoms with E-state index in [0.29, 0.717) is 22.9 Å². The van der Waals surface area contributed by atoms with Crippen LogP contribution in [0, 0.1) is 5.92 Å². The largest absolute Gasteiger partial charge is 0.493 e. The Labute approximate surface area is 164 Å². The lowest BCUT2D eigenvalue weighted by Crippen LogP contribution is -2.35. The third kappa shape index (κ3) is 4.86. The fourth-order valence-electron chi connectivity index (χ4n) is 2.97. The zero-order chi connectivity index (χ0) is 20.9. The van der Waals surface area contributed by atoms with Crippen LogP contribution < -0.4 is 24.4 Å². The number of sulfone groups is 1. The van der Waals surface area contributed by atoms with Crippen molar-refractivity contribution in [2.45, 2.75) is 13.3 Å². The van der Waals surface area contributed by atoms with Crippen molar-refractivity contribution in [1.29, 1.82) is 0 Å². The van der Waals surface area contributed by atoms with E-state index in [1.54, 1.807) is 19.1 Å². The molecule has 0 saturated carbocycles. The number of amides is 2. The van der Waals surface area contributed by atoms with Gasteiger partial charge in [-0.25, -0.2) is 8.42 Å². The molecule has 0 radical (unpaired) electrons. The monoisotopic (exact) mass is 414 g/mol. The van der Waals surface area contributed by atoms with Crippen LogP contribution in [-0.4, -0.2) is 66.2 Å². The molecule has 1 aliphatic heterocycles. The summed E-state index contributed by atoms with van der Waals surface area (Å²) in [5, 5.41) is 2.60. The van der Waals surface area contributed by atoms with Crippen LogP contribution in [-0.2, 0) is 19.4 Å². The first-order chi connectivity index (χ1) is 13.3. The van der Waals surface area contributed by atoms with Gasteiger partial charge in [0, 0.05) is 37.4 Å². The maximum atomic E-state index is 12.5. The average Bonchev–Trinajstić information content (AvgIpc) is 3.08. The number of carbonyl (C=O) groups is 2. The van der Waals surface area contributed by atoms with Crippen LogP contribution >= 0.6 is 0 Å². The third-order valence-electron chi connectivity index (χ3n) is 4.61. The predicted octanol–water partition coefficient (Wildman–Crippen LogP) is 0.616. The number of ether oxygens (including phenoxy) is 3. The number of benzene rings is 1. The minimum absolute atomic E-state index is 0.0275. The molecule has 1 fully saturated rings. The first kappa shape index (κ1) is 21.8. The molecule has 0 aromatic heterocycles. The van der Waals surface area contributed by atoms with Crippen molar-refractivity contribution in [3.05, 3.63) is 12.1 Å². The molecule has 2 amide bonds. The minimum atomic E-state index is -3.16. The normalized spacial score (nSPS) is 16.8. The molecule has 1 aromatic carbocycles. The summed E-state index contributed by atoms with van der Waals surface area (Å²) >= 11 is 0. The second-order valence-electron chi connectivity index (χ2n) is 6.32. The first-order valence-corrected chi connectivity index (χ1v) is 10.7. The quantitative estimate of drug-likeness (QED) is 0.630. The Balaban J connectivity index is 2.11. The number of hydrogen-bond donors (Lipinski definition) is 1. The third-order valence-corrected chi connectivity index (χ3v) is 6.31. The van der Waals surface area contributed by atoms with Crippen LogP contribution in [0.4, 0.5) is 5.69 Å². The highest BCUT2D eigenvalue weighted by atomic mass is 32.2. The summed E-state index contributed by atoms with van der Waals surface area (Å²) in [6, 6.07) is 3.29. The van der Waals surface area contributed by atoms with Gasteiger partial charge in [0.15, 0.2) is 21.3 Å². The van der Waals surface area contributed by atoms with E-state index in [2.05, 4.69) is 5.32 Å². The van der Waals surface area contributed by atoms with Crippen molar-refractivity contribution < 1.29 is 32.2 Å². The second kappa shape index (κ2) is 9.13. The lowest BCUT2D eigenvalue weighted by molar-refractivity contribution is -0.126. The summed E-state index contributed by atoms with van der Waals surface area (Å²) in [7, 11) is 1.29. The maximum absolute atomic E-state index is 12.5. The van der Waals surface area contributed by atoms with Gasteiger partial charge in [-0.15, -0.1) is 0 Å². The topological polar surface area (TPSA) is 111 Å². The average molecular weight is 414 g/mol. The maximum Gasteiger partial charge on any atom is 0.227 e. The Bertz CT molecular complexity index is 813. The SMILES string of the molecule is CCS(=O)(=O)CCNC(=O)C1CC(=O)N(c2cc(OC)c(OC)c(OC)c2)C1. The number of methoxy groups -OCH3 is 3. The van der Waals surface area contributed by atoms with Gasteiger partial charge in [0.05, 0.1) is 38.7 Å². The Kier molecular flexibility index (Phi) is 7.11. The van der Waals surface area contributed by atoms with Crippen LogP contribution in [0.1, 0.15) is 13.3 Å². The molecule has 156 valence electrons. The molecule has 1 atom stereocenters. The molecule has 0 bridgehead atoms. The molecule has 1 heterocycles. The molecular formula is C18H26N2O7S. The first-order valence-electron chi connectivity index (χ1n) is 8.84. The number of nitrogens with one attached hydrogen (secondary N) is 1. The van der Waals surface area contributed by atoms with Crippen molar-refractivity contribution >= 4 is 27.3 Å². The van der Waals surface area contributed by atoms with Crippen LogP contribution in [0.15, 0.2) is 12.1 Å². The number of rotatable bonds is 9. The highest BCUT2D eigenvalue weighted by Crippen LogP contribution is 2.42. The molecular weight excluding hydrogens is 388 g/mol. The van der Waals surface area contributed by atoms with Gasteiger partial charge in [0.1, 0.15) is 0 Å². The Morgan fingerprint density at radius 2 is 1.79 bits per heavy atom. The fourth-order valence-corrected chi connectivity index (χ4v) is 3.68. The summed E-state index contributed by atoms with van der Waals surface area (Å²) < 4.78 is 38.9. The number of nitrogens with zero attached hydrogens (tertiary/aromatic N) is 1. The Morgan fingerprint density at radius 3 is 2.29 bits per heavy atom. The van der Waals surface area contributed by atoms with Crippen LogP contribution in [0.2, 0.25) is 0 Å². The summed E-state index contributed by atoms with van der Waals surface area (Å²) in [5.74, 6) is 0.0178. The smallest absolute Gasteiger partial charge is 0.227 e. The number of hydrogen-bond acceptors (Lipinski definition) is 7. The zero-order valence-electron chi connectivity index (χ0n) is 16.5. The van der Waals surface area contributed by atoms with Crippen molar-refractivity contribution in [1.82, 2.24) is 5.32 Å². The molecule has 0 spiro atoms. The van der Waals surface area contributed by atoms with Gasteiger partial charge in [0.2, 0.25) is 17.6 Å². The Morgan fingerprint density at radius 1 is 1.18 bits per heavy atom. The van der Waals surface area contributed by atoms with Gasteiger partial charge < -0.3 is 24.4 Å². The minimum Gasteiger partial charge on any atom is -0.493 e. The molecule has 2 rings (SSSR count). The standard InChI is InChI=1S/C18H26N2O7S/c1-5-28(23,24)7-6-19-18(22)12-8-16(21)20(11-12)13-9-14(25-2)17(27-4)15(10-13)26-3/h9-10,12H,5-8,11H2,1-4H3,(H,19,22). The summed E-state index contributed by atoms with van der Waals surface area (Å²) in [4.78, 5) is 26.3. The van der Waals surface area contributed by atoms with E-state index in [0.717, 1.165) is 0 Å². The highest BCUT2D eigenvalue weighted by Gasteiger charge is 2.36. The molecule has 0 aliphatic carbocycles. The lowest BCUT2D eigenvalue weighted by atomic mass is 10.1. The molecule has 1 N–H and O–H groups in total. The number of anilines is 1. The van der Waals surface area contributed by atoms with E-state index in [1.165, 1.54) is 26.2 Å². The van der Waals surface area contributed by atoms with E-state index in [-0.39, 0.29) is 42.8 Å². The summed E-state index contributed by atoms with van der Waals surface area (Å²) in [5.41, 5.74) is 0.531. The van der Waals surface area contributed by atoms with Crippen LogP contribution in [0.25, 0.3) is 0 Å². The molecule has 28 heavy (non-hydrogen) atoms. The van der Waals surface area contributed by atoms with E-state index in [9.17, 15) is 18.0 Å². The van der Waals surface area contributed by atoms with E-state index in [1.807, 2.05) is 0 Å². The lowest BCUT2D eigenvalue weighted by Gasteiger charge is -2.20. The van der Waals surface area contributed by atoms with Gasteiger partial charge in [-0.3, -0.25) is 9.59 Å². The Hall–Kier alpha value is -2.49. The molecule has 1 saturated heterocycles. The van der Waals surface area contributed by atoms with Crippen molar-refractivity contribution in [3.63, 3.8) is 0 Å². The van der Waals surface area contributed by atoms with Crippen LogP contribution in [0.3, 0.4) is 0 Å². The van der Waals surface area contributed by atoms with Crippen molar-refractivity contribution in [2.24, 2.45) is 5.92 Å².